The summed E-state index contributed by atoms with van der Waals surface area (Å²) in [6, 6.07) is 32.8. The van der Waals surface area contributed by atoms with Crippen molar-refractivity contribution in [3.05, 3.63) is 194 Å². The van der Waals surface area contributed by atoms with Gasteiger partial charge in [0, 0.05) is 24.3 Å². The van der Waals surface area contributed by atoms with E-state index in [-0.39, 0.29) is 24.8 Å². The number of esters is 1. The Balaban J connectivity index is 1.31. The minimum absolute atomic E-state index is 0.137. The third-order valence-electron chi connectivity index (χ3n) is 27.3. The Morgan fingerprint density at radius 3 is 1.27 bits per heavy atom. The van der Waals surface area contributed by atoms with Crippen molar-refractivity contribution >= 4 is 41.4 Å². The minimum atomic E-state index is -1.82. The maximum absolute atomic E-state index is 16.2. The third-order valence-corrected chi connectivity index (χ3v) is 27.3. The van der Waals surface area contributed by atoms with Gasteiger partial charge >= 0.3 is 5.97 Å². The Bertz CT molecular complexity index is 4680. The molecule has 6 rings (SSSR count). The number of nitrogens with one attached hydrogen (secondary N) is 6. The van der Waals surface area contributed by atoms with Crippen LogP contribution < -0.4 is 51.8 Å². The van der Waals surface area contributed by atoms with E-state index in [2.05, 4.69) is 80.9 Å². The number of hydrogen-bond acceptors (Lipinski definition) is 15. The van der Waals surface area contributed by atoms with Crippen LogP contribution in [-0.4, -0.2) is 133 Å². The summed E-state index contributed by atoms with van der Waals surface area (Å²) in [7, 11) is 0. The number of carbonyl (C=O) groups is 7. The Hall–Kier alpha value is -9.87. The van der Waals surface area contributed by atoms with Gasteiger partial charge in [0.05, 0.1) is 61.7 Å². The average molecular weight is 2050 g/mol. The number of rotatable bonds is 80. The highest BCUT2D eigenvalue weighted by Crippen LogP contribution is 2.33. The van der Waals surface area contributed by atoms with Crippen molar-refractivity contribution in [2.75, 3.05) is 33.0 Å². The fourth-order valence-electron chi connectivity index (χ4n) is 19.0. The molecular weight excluding hydrogens is 1860 g/mol. The summed E-state index contributed by atoms with van der Waals surface area (Å²) in [6.07, 6.45) is 53.1. The number of ether oxygens (including phenoxy) is 6. The summed E-state index contributed by atoms with van der Waals surface area (Å²) in [5.74, 6) is -4.44. The van der Waals surface area contributed by atoms with E-state index < -0.39 is 125 Å². The molecule has 6 amide bonds. The Labute approximate surface area is 891 Å². The fraction of sp³-hybridized carbons (Fsp3) is 0.653. The molecule has 0 aliphatic heterocycles. The summed E-state index contributed by atoms with van der Waals surface area (Å²) < 4.78 is 52.6. The number of nitrogens with two attached hydrogens (primary N) is 1. The summed E-state index contributed by atoms with van der Waals surface area (Å²) in [5.41, 5.74) is 19.0. The van der Waals surface area contributed by atoms with Crippen molar-refractivity contribution in [3.8, 4) is 28.4 Å². The fourth-order valence-corrected chi connectivity index (χ4v) is 19.0. The van der Waals surface area contributed by atoms with Gasteiger partial charge in [-0.3, -0.25) is 33.6 Å². The summed E-state index contributed by atoms with van der Waals surface area (Å²) >= 11 is 0. The molecule has 0 heterocycles. The zero-order valence-corrected chi connectivity index (χ0v) is 94.0. The first-order valence-electron chi connectivity index (χ1n) is 57.2. The number of halogens is 1. The number of carbonyl (C=O) groups excluding carboxylic acids is 7. The van der Waals surface area contributed by atoms with Crippen LogP contribution in [0.2, 0.25) is 0 Å². The quantitative estimate of drug-likeness (QED) is 0.00614. The highest BCUT2D eigenvalue weighted by Gasteiger charge is 2.41. The number of amides is 6. The van der Waals surface area contributed by atoms with Gasteiger partial charge in [0.25, 0.3) is 0 Å². The predicted octanol–water partition coefficient (Wildman–Crippen LogP) is 28.1. The molecule has 23 nitrogen and oxygen atoms in total. The molecule has 0 aliphatic rings. The van der Waals surface area contributed by atoms with E-state index in [9.17, 15) is 9.59 Å². The second-order valence-electron chi connectivity index (χ2n) is 44.7. The van der Waals surface area contributed by atoms with E-state index in [1.165, 1.54) is 243 Å². The number of benzene rings is 6. The molecule has 0 saturated heterocycles. The first-order valence-corrected chi connectivity index (χ1v) is 57.2. The molecule has 0 aromatic heterocycles. The lowest BCUT2D eigenvalue weighted by atomic mass is 9.92. The second-order valence-corrected chi connectivity index (χ2v) is 44.7. The van der Waals surface area contributed by atoms with Crippen molar-refractivity contribution in [1.29, 1.82) is 0 Å². The number of hydrogen-bond donors (Lipinski definition) is 7. The van der Waals surface area contributed by atoms with Gasteiger partial charge in [0.15, 0.2) is 0 Å². The van der Waals surface area contributed by atoms with Gasteiger partial charge in [-0.15, -0.1) is 0 Å². The first kappa shape index (κ1) is 127. The molecule has 8 N–H and O–H groups in total. The zero-order valence-electron chi connectivity index (χ0n) is 94.0. The summed E-state index contributed by atoms with van der Waals surface area (Å²) in [4.78, 5) is 110. The lowest BCUT2D eigenvalue weighted by Gasteiger charge is -2.34. The molecule has 0 bridgehead atoms. The molecule has 1 unspecified atom stereocenters. The smallest absolute Gasteiger partial charge is 0.308 e. The molecule has 0 fully saturated rings. The van der Waals surface area contributed by atoms with Crippen molar-refractivity contribution < 1.29 is 66.4 Å². The van der Waals surface area contributed by atoms with Gasteiger partial charge < -0.3 is 66.1 Å². The SMILES string of the molecule is CCCCCCCCCCCCCCCCCCCCCCOc1ccc(C(NC(=O)[C@H](CCCc2cc(C)cc(C)c2)NC(=O)[C@H](Cc2ccc(-c3ccc(OCCCCN=[N+]=[N-])cc3CC)cc2)NC(=O)[C@H](CC(=O)OC(C)(C)C)NC(=O)[C@H](COC(C)(C)C)NC(=O)[C@@H](NC(=O)C(C)(N)Cc2ccccc2F)[C@@H](C)OC(C)(C)C)c2ccc(OCCCCCCCCCCCCCCCCCCCCCC)cc2)cc1. The van der Waals surface area contributed by atoms with Crippen molar-refractivity contribution in [3.63, 3.8) is 0 Å². The number of azide groups is 1. The Morgan fingerprint density at radius 2 is 0.824 bits per heavy atom. The van der Waals surface area contributed by atoms with Gasteiger partial charge in [-0.25, -0.2) is 4.39 Å². The van der Waals surface area contributed by atoms with E-state index >= 15 is 28.4 Å². The van der Waals surface area contributed by atoms with Crippen LogP contribution >= 0.6 is 0 Å². The van der Waals surface area contributed by atoms with E-state index in [4.69, 9.17) is 39.7 Å². The number of nitrogens with zero attached hydrogens (tertiary/aromatic N) is 3. The van der Waals surface area contributed by atoms with E-state index in [0.29, 0.717) is 81.3 Å². The van der Waals surface area contributed by atoms with Gasteiger partial charge in [-0.05, 0) is 234 Å². The van der Waals surface area contributed by atoms with Crippen molar-refractivity contribution in [2.24, 2.45) is 10.8 Å². The number of unbranched alkanes of at least 4 members (excludes halogenated alkanes) is 39. The third kappa shape index (κ3) is 54.7. The zero-order chi connectivity index (χ0) is 108. The maximum atomic E-state index is 16.2. The topological polar surface area (TPSA) is 322 Å². The molecule has 6 aromatic rings. The Morgan fingerprint density at radius 1 is 0.412 bits per heavy atom. The van der Waals surface area contributed by atoms with Crippen LogP contribution in [0.3, 0.4) is 0 Å². The largest absolute Gasteiger partial charge is 0.494 e. The molecule has 6 aromatic carbocycles. The number of aryl methyl sites for hydroxylation is 4. The minimum Gasteiger partial charge on any atom is -0.494 e. The molecule has 0 spiro atoms. The van der Waals surface area contributed by atoms with Crippen molar-refractivity contribution in [2.45, 2.75) is 490 Å². The van der Waals surface area contributed by atoms with Crippen LogP contribution in [-0.2, 0) is 73.5 Å². The predicted molar refractivity (Wildman–Crippen MR) is 601 cm³/mol. The van der Waals surface area contributed by atoms with E-state index in [1.54, 1.807) is 75.3 Å². The van der Waals surface area contributed by atoms with Crippen LogP contribution in [0.4, 0.5) is 4.39 Å². The normalized spacial score (nSPS) is 13.4. The highest BCUT2D eigenvalue weighted by molar-refractivity contribution is 5.98. The molecule has 7 atom stereocenters. The summed E-state index contributed by atoms with van der Waals surface area (Å²) in [6.45, 7) is 30.6. The maximum Gasteiger partial charge on any atom is 0.308 e. The molecular formula is C124H193FN10O13. The van der Waals surface area contributed by atoms with Crippen LogP contribution in [0.15, 0.2) is 139 Å². The highest BCUT2D eigenvalue weighted by atomic mass is 19.1. The van der Waals surface area contributed by atoms with E-state index in [0.717, 1.165) is 83.0 Å². The van der Waals surface area contributed by atoms with Crippen LogP contribution in [0, 0.1) is 19.7 Å². The van der Waals surface area contributed by atoms with Gasteiger partial charge in [0.2, 0.25) is 35.4 Å². The molecule has 24 heteroatoms. The second kappa shape index (κ2) is 71.8. The standard InChI is InChI=1S/C124H193FN10O13/c1-17-20-22-24-26-28-30-32-34-36-38-40-42-44-46-48-50-52-54-59-82-143-103-75-71-100(72-76-103)114(101-73-77-104(78-74-101)144-83-60-55-53-51-49-47-45-43-41-39-37-35-33-31-29-27-25-23-21-18-2)133-115(137)108(66-62-63-97-86-93(4)85-94(5)87-97)129-116(138)109(88-96-67-69-99(70-68-96)106-80-79-105(89-98(106)19-3)145-84-61-58-81-128-135-127)130-117(139)110(90-112(136)148-123(13,14)15)131-118(140)111(92-146-121(7,8)9)132-119(141)113(95(6)147-122(10,11)12)134-120(142)124(16,126)91-102-64-56-57-65-107(102)125/h56-57,64-65,67-80,85-87,89,95,108-111,113-114H,17-55,58-63,66,81-84,88,90-92,126H2,1-16H3,(H,129,138)(H,130,139)(H,131,140)(H,132,141)(H,133,137)(H,134,142)/t95-,108+,109+,110+,111+,113+,124?/m1/s1. The van der Waals surface area contributed by atoms with Crippen LogP contribution in [0.1, 0.15) is 436 Å². The molecule has 824 valence electrons. The van der Waals surface area contributed by atoms with Crippen LogP contribution in [0.25, 0.3) is 21.6 Å². The van der Waals surface area contributed by atoms with Gasteiger partial charge in [-0.2, -0.15) is 0 Å². The lowest BCUT2D eigenvalue weighted by molar-refractivity contribution is -0.157. The van der Waals surface area contributed by atoms with E-state index in [1.807, 2.05) is 105 Å². The van der Waals surface area contributed by atoms with Gasteiger partial charge in [-0.1, -0.05) is 372 Å². The molecule has 148 heavy (non-hydrogen) atoms. The molecule has 0 saturated carbocycles. The van der Waals surface area contributed by atoms with Crippen LogP contribution in [0.5, 0.6) is 17.2 Å². The monoisotopic (exact) mass is 2050 g/mol. The first-order chi connectivity index (χ1) is 71.0. The Kier molecular flexibility index (Phi) is 61.5. The average Bonchev–Trinajstić information content (AvgIpc) is 0.824. The molecule has 0 radical (unpaired) electrons. The van der Waals surface area contributed by atoms with Gasteiger partial charge in [0.1, 0.15) is 58.9 Å². The van der Waals surface area contributed by atoms with Crippen molar-refractivity contribution in [1.82, 2.24) is 31.9 Å². The molecule has 0 aliphatic carbocycles. The summed E-state index contributed by atoms with van der Waals surface area (Å²) in [5, 5.41) is 21.4. The lowest BCUT2D eigenvalue weighted by Crippen LogP contribution is -2.64.